The maximum atomic E-state index is 11.5. The number of methoxy groups -OCH3 is 1. The van der Waals surface area contributed by atoms with Gasteiger partial charge in [-0.2, -0.15) is 0 Å². The highest BCUT2D eigenvalue weighted by atomic mass is 32.1. The van der Waals surface area contributed by atoms with Crippen LogP contribution in [0.3, 0.4) is 0 Å². The minimum absolute atomic E-state index is 0.208. The molecule has 7 heteroatoms. The van der Waals surface area contributed by atoms with E-state index in [-0.39, 0.29) is 12.5 Å². The van der Waals surface area contributed by atoms with Crippen molar-refractivity contribution >= 4 is 23.3 Å². The summed E-state index contributed by atoms with van der Waals surface area (Å²) in [6.07, 6.45) is 0. The second-order valence-electron chi connectivity index (χ2n) is 3.74. The van der Waals surface area contributed by atoms with Crippen molar-refractivity contribution in [2.75, 3.05) is 26.8 Å². The molecule has 0 fully saturated rings. The van der Waals surface area contributed by atoms with E-state index in [0.717, 1.165) is 5.69 Å². The molecular formula is C12H18N2O4S. The van der Waals surface area contributed by atoms with Gasteiger partial charge in [0, 0.05) is 11.9 Å². The second kappa shape index (κ2) is 7.85. The van der Waals surface area contributed by atoms with Gasteiger partial charge in [0.05, 0.1) is 26.0 Å². The van der Waals surface area contributed by atoms with Crippen LogP contribution in [0, 0.1) is 0 Å². The molecule has 0 aromatic carbocycles. The van der Waals surface area contributed by atoms with Gasteiger partial charge in [-0.1, -0.05) is 6.92 Å². The largest absolute Gasteiger partial charge is 0.468 e. The summed E-state index contributed by atoms with van der Waals surface area (Å²) in [5.74, 6) is -0.697. The molecule has 19 heavy (non-hydrogen) atoms. The van der Waals surface area contributed by atoms with E-state index in [0.29, 0.717) is 24.7 Å². The topological polar surface area (TPSA) is 68.7 Å². The van der Waals surface area contributed by atoms with E-state index in [1.807, 2.05) is 11.8 Å². The average molecular weight is 286 g/mol. The van der Waals surface area contributed by atoms with Crippen LogP contribution in [-0.2, 0) is 20.8 Å². The summed E-state index contributed by atoms with van der Waals surface area (Å²) in [5, 5.41) is 2.14. The van der Waals surface area contributed by atoms with Gasteiger partial charge in [-0.15, -0.1) is 11.3 Å². The normalized spacial score (nSPS) is 10.5. The number of nitrogens with zero attached hydrogens (tertiary/aromatic N) is 2. The molecule has 0 aliphatic carbocycles. The van der Waals surface area contributed by atoms with Gasteiger partial charge in [-0.3, -0.25) is 9.69 Å². The Morgan fingerprint density at radius 1 is 1.42 bits per heavy atom. The number of ether oxygens (including phenoxy) is 2. The zero-order chi connectivity index (χ0) is 14.3. The first-order valence-corrected chi connectivity index (χ1v) is 6.89. The number of likely N-dealkylation sites (N-methyl/N-ethyl adjacent to an activating group) is 1. The van der Waals surface area contributed by atoms with Crippen molar-refractivity contribution in [3.05, 3.63) is 16.1 Å². The molecule has 6 nitrogen and oxygen atoms in total. The molecule has 0 unspecified atom stereocenters. The van der Waals surface area contributed by atoms with Crippen LogP contribution in [0.15, 0.2) is 5.38 Å². The summed E-state index contributed by atoms with van der Waals surface area (Å²) >= 11 is 1.25. The minimum atomic E-state index is -0.408. The lowest BCUT2D eigenvalue weighted by molar-refractivity contribution is -0.142. The fourth-order valence-corrected chi connectivity index (χ4v) is 2.12. The Morgan fingerprint density at radius 3 is 2.74 bits per heavy atom. The Kier molecular flexibility index (Phi) is 6.44. The van der Waals surface area contributed by atoms with Gasteiger partial charge in [0.15, 0.2) is 0 Å². The van der Waals surface area contributed by atoms with E-state index in [1.165, 1.54) is 18.4 Å². The van der Waals surface area contributed by atoms with E-state index in [9.17, 15) is 9.59 Å². The summed E-state index contributed by atoms with van der Waals surface area (Å²) in [6.45, 7) is 5.43. The van der Waals surface area contributed by atoms with Gasteiger partial charge in [0.1, 0.15) is 0 Å². The van der Waals surface area contributed by atoms with E-state index >= 15 is 0 Å². The van der Waals surface area contributed by atoms with Crippen LogP contribution in [0.4, 0.5) is 0 Å². The number of esters is 2. The standard InChI is InChI=1S/C12H18N2O4S/c1-4-14(7-10(15)17-3)6-9-8-19-11(13-9)12(16)18-5-2/h8H,4-7H2,1-3H3. The molecule has 0 saturated heterocycles. The molecule has 0 saturated carbocycles. The Labute approximate surface area is 116 Å². The molecule has 0 amide bonds. The van der Waals surface area contributed by atoms with E-state index in [1.54, 1.807) is 12.3 Å². The molecule has 0 N–H and O–H groups in total. The van der Waals surface area contributed by atoms with Crippen LogP contribution >= 0.6 is 11.3 Å². The lowest BCUT2D eigenvalue weighted by atomic mass is 10.4. The average Bonchev–Trinajstić information content (AvgIpc) is 2.86. The van der Waals surface area contributed by atoms with Gasteiger partial charge < -0.3 is 9.47 Å². The lowest BCUT2D eigenvalue weighted by Crippen LogP contribution is -2.30. The van der Waals surface area contributed by atoms with Crippen molar-refractivity contribution < 1.29 is 19.1 Å². The molecule has 1 rings (SSSR count). The fraction of sp³-hybridized carbons (Fsp3) is 0.583. The highest BCUT2D eigenvalue weighted by Crippen LogP contribution is 2.13. The van der Waals surface area contributed by atoms with Crippen LogP contribution in [-0.4, -0.2) is 48.6 Å². The van der Waals surface area contributed by atoms with Crippen molar-refractivity contribution in [2.45, 2.75) is 20.4 Å². The van der Waals surface area contributed by atoms with Crippen molar-refractivity contribution in [1.82, 2.24) is 9.88 Å². The third kappa shape index (κ3) is 4.96. The first kappa shape index (κ1) is 15.6. The molecule has 0 atom stereocenters. The van der Waals surface area contributed by atoms with Gasteiger partial charge >= 0.3 is 11.9 Å². The molecule has 0 aliphatic rings. The maximum Gasteiger partial charge on any atom is 0.367 e. The molecular weight excluding hydrogens is 268 g/mol. The fourth-order valence-electron chi connectivity index (χ4n) is 1.42. The van der Waals surface area contributed by atoms with E-state index in [4.69, 9.17) is 4.74 Å². The Morgan fingerprint density at radius 2 is 2.16 bits per heavy atom. The molecule has 0 bridgehead atoms. The molecule has 1 heterocycles. The summed E-state index contributed by atoms with van der Waals surface area (Å²) in [4.78, 5) is 28.8. The molecule has 1 aromatic rings. The van der Waals surface area contributed by atoms with Gasteiger partial charge in [-0.25, -0.2) is 9.78 Å². The van der Waals surface area contributed by atoms with Gasteiger partial charge in [0.25, 0.3) is 0 Å². The zero-order valence-electron chi connectivity index (χ0n) is 11.3. The summed E-state index contributed by atoms with van der Waals surface area (Å²) in [6, 6.07) is 0. The number of rotatable bonds is 7. The smallest absolute Gasteiger partial charge is 0.367 e. The Balaban J connectivity index is 2.60. The first-order chi connectivity index (χ1) is 9.10. The molecule has 0 radical (unpaired) electrons. The summed E-state index contributed by atoms with van der Waals surface area (Å²) in [7, 11) is 1.36. The second-order valence-corrected chi connectivity index (χ2v) is 4.60. The lowest BCUT2D eigenvalue weighted by Gasteiger charge is -2.17. The van der Waals surface area contributed by atoms with Gasteiger partial charge in [-0.05, 0) is 13.5 Å². The minimum Gasteiger partial charge on any atom is -0.468 e. The molecule has 1 aromatic heterocycles. The number of hydrogen-bond acceptors (Lipinski definition) is 7. The predicted molar refractivity (Wildman–Crippen MR) is 71.0 cm³/mol. The van der Waals surface area contributed by atoms with Crippen molar-refractivity contribution in [2.24, 2.45) is 0 Å². The van der Waals surface area contributed by atoms with E-state index < -0.39 is 5.97 Å². The number of carbonyl (C=O) groups is 2. The third-order valence-electron chi connectivity index (χ3n) is 2.41. The number of carbonyl (C=O) groups excluding carboxylic acids is 2. The third-order valence-corrected chi connectivity index (χ3v) is 3.29. The number of hydrogen-bond donors (Lipinski definition) is 0. The van der Waals surface area contributed by atoms with Crippen LogP contribution in [0.5, 0.6) is 0 Å². The van der Waals surface area contributed by atoms with Crippen LogP contribution < -0.4 is 0 Å². The zero-order valence-corrected chi connectivity index (χ0v) is 12.2. The molecule has 106 valence electrons. The van der Waals surface area contributed by atoms with Crippen LogP contribution in [0.25, 0.3) is 0 Å². The highest BCUT2D eigenvalue weighted by Gasteiger charge is 2.15. The number of thiazole rings is 1. The molecule has 0 spiro atoms. The van der Waals surface area contributed by atoms with Crippen molar-refractivity contribution in [1.29, 1.82) is 0 Å². The summed E-state index contributed by atoms with van der Waals surface area (Å²) < 4.78 is 9.50. The number of aromatic nitrogens is 1. The Hall–Kier alpha value is -1.47. The van der Waals surface area contributed by atoms with Crippen molar-refractivity contribution in [3.63, 3.8) is 0 Å². The van der Waals surface area contributed by atoms with Crippen molar-refractivity contribution in [3.8, 4) is 0 Å². The first-order valence-electron chi connectivity index (χ1n) is 6.01. The Bertz CT molecular complexity index is 433. The maximum absolute atomic E-state index is 11.5. The predicted octanol–water partition coefficient (Wildman–Crippen LogP) is 1.31. The van der Waals surface area contributed by atoms with Crippen LogP contribution in [0.2, 0.25) is 0 Å². The quantitative estimate of drug-likeness (QED) is 0.704. The van der Waals surface area contributed by atoms with E-state index in [2.05, 4.69) is 9.72 Å². The summed E-state index contributed by atoms with van der Waals surface area (Å²) in [5.41, 5.74) is 0.749. The highest BCUT2D eigenvalue weighted by molar-refractivity contribution is 7.11. The van der Waals surface area contributed by atoms with Gasteiger partial charge in [0.2, 0.25) is 5.01 Å². The monoisotopic (exact) mass is 286 g/mol. The SMILES string of the molecule is CCOC(=O)c1nc(CN(CC)CC(=O)OC)cs1. The molecule has 0 aliphatic heterocycles. The van der Waals surface area contributed by atoms with Crippen LogP contribution in [0.1, 0.15) is 29.3 Å².